The monoisotopic (exact) mass is 372 g/mol. The van der Waals surface area contributed by atoms with Crippen LogP contribution in [0.15, 0.2) is 101 Å². The summed E-state index contributed by atoms with van der Waals surface area (Å²) < 4.78 is 0. The summed E-state index contributed by atoms with van der Waals surface area (Å²) in [6.07, 6.45) is 6.08. The highest BCUT2D eigenvalue weighted by Gasteiger charge is 2.34. The van der Waals surface area contributed by atoms with Crippen LogP contribution in [0.2, 0.25) is 0 Å². The van der Waals surface area contributed by atoms with Crippen LogP contribution >= 0.6 is 0 Å². The molecule has 140 valence electrons. The molecule has 28 heavy (non-hydrogen) atoms. The van der Waals surface area contributed by atoms with E-state index in [9.17, 15) is 20.7 Å². The molecule has 6 nitrogen and oxygen atoms in total. The van der Waals surface area contributed by atoms with Gasteiger partial charge in [0, 0.05) is 11.6 Å². The smallest absolute Gasteiger partial charge is 0.232 e. The minimum absolute atomic E-state index is 0.141. The van der Waals surface area contributed by atoms with E-state index in [-0.39, 0.29) is 22.7 Å². The molecule has 0 fully saturated rings. The number of benzene rings is 2. The van der Waals surface area contributed by atoms with Gasteiger partial charge in [0.05, 0.1) is 11.7 Å². The minimum atomic E-state index is -0.913. The van der Waals surface area contributed by atoms with Crippen molar-refractivity contribution in [2.24, 2.45) is 0 Å². The molecule has 0 bridgehead atoms. The second-order valence-corrected chi connectivity index (χ2v) is 6.45. The van der Waals surface area contributed by atoms with E-state index in [0.29, 0.717) is 11.1 Å². The Labute approximate surface area is 161 Å². The van der Waals surface area contributed by atoms with E-state index in [4.69, 9.17) is 0 Å². The standard InChI is InChI=1S/C22H17N2O4/c25-22-18-13-17(12-11-15-7-3-1-4-8-15)19(24(27)28)14-20(18)23(26)21(22)16-9-5-2-6-10-16/h1-14,21,26H,(H-,25,27,28)/q-1/p-1. The van der Waals surface area contributed by atoms with Gasteiger partial charge in [-0.3, -0.25) is 5.21 Å². The lowest BCUT2D eigenvalue weighted by Gasteiger charge is -2.26. The van der Waals surface area contributed by atoms with E-state index < -0.39 is 10.9 Å². The third kappa shape index (κ3) is 3.06. The molecule has 1 aliphatic heterocycles. The Kier molecular flexibility index (Phi) is 4.47. The van der Waals surface area contributed by atoms with Crippen LogP contribution in [0.5, 0.6) is 0 Å². The summed E-state index contributed by atoms with van der Waals surface area (Å²) >= 11 is 0. The lowest BCUT2D eigenvalue weighted by molar-refractivity contribution is -0.377. The first-order chi connectivity index (χ1) is 13.6. The zero-order valence-corrected chi connectivity index (χ0v) is 14.7. The molecular formula is C22H16N2O4-2. The molecule has 0 saturated heterocycles. The number of nitrogens with zero attached hydrogens (tertiary/aromatic N) is 2. The maximum Gasteiger partial charge on any atom is 0.232 e. The van der Waals surface area contributed by atoms with Crippen molar-refractivity contribution >= 4 is 11.8 Å². The Balaban J connectivity index is 1.78. The highest BCUT2D eigenvalue weighted by atomic mass is 16.8. The zero-order valence-electron chi connectivity index (χ0n) is 14.7. The molecule has 0 amide bonds. The SMILES string of the molecule is [O-]C1=C2C=C(C=Cc3ccccc3)C(=[N+]([O-])[O-])C=C2N(O)C1c1ccccc1. The molecule has 1 N–H and O–H groups in total. The van der Waals surface area contributed by atoms with Crippen molar-refractivity contribution in [3.05, 3.63) is 123 Å². The summed E-state index contributed by atoms with van der Waals surface area (Å²) in [6, 6.07) is 17.3. The van der Waals surface area contributed by atoms with Crippen molar-refractivity contribution < 1.29 is 15.2 Å². The largest absolute Gasteiger partial charge is 0.873 e. The van der Waals surface area contributed by atoms with Crippen LogP contribution in [-0.2, 0) is 0 Å². The lowest BCUT2D eigenvalue weighted by Crippen LogP contribution is -2.25. The van der Waals surface area contributed by atoms with Gasteiger partial charge in [-0.2, -0.15) is 4.90 Å². The van der Waals surface area contributed by atoms with E-state index in [0.717, 1.165) is 10.6 Å². The third-order valence-corrected chi connectivity index (χ3v) is 4.72. The Bertz CT molecular complexity index is 1050. The molecule has 1 unspecified atom stereocenters. The van der Waals surface area contributed by atoms with Crippen molar-refractivity contribution in [2.75, 3.05) is 0 Å². The molecule has 1 aliphatic carbocycles. The summed E-state index contributed by atoms with van der Waals surface area (Å²) in [5.41, 5.74) is 2.04. The van der Waals surface area contributed by atoms with Crippen LogP contribution in [0.4, 0.5) is 0 Å². The Morgan fingerprint density at radius 1 is 0.893 bits per heavy atom. The minimum Gasteiger partial charge on any atom is -0.873 e. The van der Waals surface area contributed by atoms with Crippen molar-refractivity contribution in [2.45, 2.75) is 6.04 Å². The predicted molar refractivity (Wildman–Crippen MR) is 103 cm³/mol. The fourth-order valence-electron chi connectivity index (χ4n) is 3.35. The maximum atomic E-state index is 12.9. The van der Waals surface area contributed by atoms with Crippen LogP contribution in [0.1, 0.15) is 17.2 Å². The highest BCUT2D eigenvalue weighted by Crippen LogP contribution is 2.41. The predicted octanol–water partition coefficient (Wildman–Crippen LogP) is 3.03. The second-order valence-electron chi connectivity index (χ2n) is 6.45. The Morgan fingerprint density at radius 2 is 1.54 bits per heavy atom. The number of hydrogen-bond donors (Lipinski definition) is 1. The van der Waals surface area contributed by atoms with Crippen molar-refractivity contribution in [3.63, 3.8) is 0 Å². The quantitative estimate of drug-likeness (QED) is 0.660. The van der Waals surface area contributed by atoms with E-state index >= 15 is 0 Å². The molecule has 0 saturated carbocycles. The van der Waals surface area contributed by atoms with Crippen LogP contribution in [0.25, 0.3) is 6.08 Å². The van der Waals surface area contributed by atoms with Crippen LogP contribution < -0.4 is 5.11 Å². The van der Waals surface area contributed by atoms with Gasteiger partial charge in [-0.05, 0) is 28.9 Å². The lowest BCUT2D eigenvalue weighted by atomic mass is 9.96. The van der Waals surface area contributed by atoms with Crippen LogP contribution in [0.3, 0.4) is 0 Å². The van der Waals surface area contributed by atoms with Gasteiger partial charge in [-0.1, -0.05) is 72.5 Å². The molecule has 1 atom stereocenters. The summed E-state index contributed by atoms with van der Waals surface area (Å²) in [6.45, 7) is 0. The fraction of sp³-hybridized carbons (Fsp3) is 0.0455. The molecule has 2 aromatic rings. The summed E-state index contributed by atoms with van der Waals surface area (Å²) in [5, 5.41) is 47.4. The second kappa shape index (κ2) is 7.09. The molecule has 0 aromatic heterocycles. The number of rotatable bonds is 3. The van der Waals surface area contributed by atoms with Gasteiger partial charge in [0.2, 0.25) is 5.71 Å². The molecule has 2 aliphatic rings. The van der Waals surface area contributed by atoms with Gasteiger partial charge in [-0.25, -0.2) is 5.06 Å². The fourth-order valence-corrected chi connectivity index (χ4v) is 3.35. The normalized spacial score (nSPS) is 19.0. The van der Waals surface area contributed by atoms with Crippen molar-refractivity contribution in [3.8, 4) is 0 Å². The average molecular weight is 372 g/mol. The molecule has 0 spiro atoms. The van der Waals surface area contributed by atoms with Crippen LogP contribution in [0, 0.1) is 10.4 Å². The number of hydrogen-bond acceptors (Lipinski definition) is 5. The Morgan fingerprint density at radius 3 is 2.18 bits per heavy atom. The van der Waals surface area contributed by atoms with Gasteiger partial charge in [0.25, 0.3) is 0 Å². The van der Waals surface area contributed by atoms with Gasteiger partial charge in [0.15, 0.2) is 0 Å². The number of hydroxylamine groups is 2. The van der Waals surface area contributed by atoms with Gasteiger partial charge >= 0.3 is 0 Å². The summed E-state index contributed by atoms with van der Waals surface area (Å²) in [4.78, 5) is -0.515. The van der Waals surface area contributed by atoms with E-state index in [1.165, 1.54) is 12.2 Å². The molecule has 2 aromatic carbocycles. The number of allylic oxidation sites excluding steroid dienone is 4. The molecular weight excluding hydrogens is 356 g/mol. The van der Waals surface area contributed by atoms with Gasteiger partial charge < -0.3 is 15.5 Å². The molecule has 0 radical (unpaired) electrons. The van der Waals surface area contributed by atoms with Crippen LogP contribution in [-0.4, -0.2) is 20.9 Å². The summed E-state index contributed by atoms with van der Waals surface area (Å²) in [5.74, 6) is -0.298. The first-order valence-corrected chi connectivity index (χ1v) is 8.69. The number of fused-ring (bicyclic) bond motifs is 1. The van der Waals surface area contributed by atoms with E-state index in [2.05, 4.69) is 0 Å². The highest BCUT2D eigenvalue weighted by molar-refractivity contribution is 6.10. The molecule has 6 heteroatoms. The van der Waals surface area contributed by atoms with Crippen molar-refractivity contribution in [1.29, 1.82) is 0 Å². The zero-order chi connectivity index (χ0) is 19.7. The maximum absolute atomic E-state index is 12.9. The molecule has 1 heterocycles. The first-order valence-electron chi connectivity index (χ1n) is 8.69. The third-order valence-electron chi connectivity index (χ3n) is 4.72. The van der Waals surface area contributed by atoms with Crippen molar-refractivity contribution in [1.82, 2.24) is 5.06 Å². The van der Waals surface area contributed by atoms with E-state index in [1.807, 2.05) is 36.4 Å². The summed E-state index contributed by atoms with van der Waals surface area (Å²) in [7, 11) is 0. The molecule has 4 rings (SSSR count). The average Bonchev–Trinajstić information content (AvgIpc) is 2.96. The van der Waals surface area contributed by atoms with E-state index in [1.54, 1.807) is 36.4 Å². The first kappa shape index (κ1) is 17.6. The Hall–Kier alpha value is -3.77. The van der Waals surface area contributed by atoms with Gasteiger partial charge in [0.1, 0.15) is 0 Å². The van der Waals surface area contributed by atoms with Gasteiger partial charge in [-0.15, -0.1) is 0 Å². The topological polar surface area (TPSA) is 95.7 Å².